The third kappa shape index (κ3) is 4.74. The summed E-state index contributed by atoms with van der Waals surface area (Å²) in [4.78, 5) is 30.0. The molecule has 7 heteroatoms. The molecule has 1 aliphatic rings. The van der Waals surface area contributed by atoms with Crippen molar-refractivity contribution in [2.24, 2.45) is 0 Å². The monoisotopic (exact) mass is 516 g/mol. The molecule has 0 aliphatic carbocycles. The van der Waals surface area contributed by atoms with E-state index >= 15 is 0 Å². The average molecular weight is 517 g/mol. The topological polar surface area (TPSA) is 49.4 Å². The van der Waals surface area contributed by atoms with Crippen LogP contribution in [0.15, 0.2) is 101 Å². The predicted molar refractivity (Wildman–Crippen MR) is 141 cm³/mol. The summed E-state index contributed by atoms with van der Waals surface area (Å²) < 4.78 is 14.7. The van der Waals surface area contributed by atoms with Gasteiger partial charge < -0.3 is 10.2 Å². The number of carbonyl (C=O) groups excluding carboxylic acids is 2. The summed E-state index contributed by atoms with van der Waals surface area (Å²) >= 11 is 7.75. The van der Waals surface area contributed by atoms with Crippen molar-refractivity contribution in [3.63, 3.8) is 0 Å². The number of halogens is 2. The lowest BCUT2D eigenvalue weighted by Crippen LogP contribution is -2.31. The lowest BCUT2D eigenvalue weighted by molar-refractivity contribution is 0.0937. The summed E-state index contributed by atoms with van der Waals surface area (Å²) in [5, 5.41) is 3.25. The number of rotatable bonds is 5. The Morgan fingerprint density at radius 2 is 1.72 bits per heavy atom. The van der Waals surface area contributed by atoms with E-state index in [4.69, 9.17) is 11.6 Å². The molecule has 1 atom stereocenters. The zero-order valence-corrected chi connectivity index (χ0v) is 20.9. The molecule has 4 nitrogen and oxygen atoms in total. The molecule has 4 aromatic carbocycles. The second-order valence-corrected chi connectivity index (χ2v) is 9.97. The molecule has 180 valence electrons. The predicted octanol–water partition coefficient (Wildman–Crippen LogP) is 7.28. The van der Waals surface area contributed by atoms with E-state index in [2.05, 4.69) is 5.32 Å². The van der Waals surface area contributed by atoms with Crippen LogP contribution >= 0.6 is 23.4 Å². The largest absolute Gasteiger partial charge is 0.346 e. The van der Waals surface area contributed by atoms with Crippen LogP contribution in [0.5, 0.6) is 0 Å². The fraction of sp³-hybridized carbons (Fsp3) is 0.103. The molecule has 0 fully saturated rings. The van der Waals surface area contributed by atoms with Crippen molar-refractivity contribution in [2.75, 3.05) is 4.90 Å². The van der Waals surface area contributed by atoms with Crippen molar-refractivity contribution in [1.82, 2.24) is 5.32 Å². The zero-order chi connectivity index (χ0) is 25.2. The molecule has 2 amide bonds. The first-order valence-corrected chi connectivity index (χ1v) is 12.6. The number of nitrogens with zero attached hydrogens (tertiary/aromatic N) is 1. The van der Waals surface area contributed by atoms with E-state index in [-0.39, 0.29) is 35.0 Å². The Hall–Kier alpha value is -3.61. The summed E-state index contributed by atoms with van der Waals surface area (Å²) in [5.74, 6) is -1.05. The average Bonchev–Trinajstić information content (AvgIpc) is 3.00. The molecule has 0 unspecified atom stereocenters. The molecule has 0 saturated heterocycles. The molecule has 0 bridgehead atoms. The van der Waals surface area contributed by atoms with Crippen LogP contribution in [-0.2, 0) is 6.54 Å². The lowest BCUT2D eigenvalue weighted by atomic mass is 10.1. The number of hydrogen-bond acceptors (Lipinski definition) is 3. The number of hydrogen-bond donors (Lipinski definition) is 1. The fourth-order valence-corrected chi connectivity index (χ4v) is 5.45. The first-order chi connectivity index (χ1) is 17.4. The highest BCUT2D eigenvalue weighted by atomic mass is 35.5. The summed E-state index contributed by atoms with van der Waals surface area (Å²) in [5.41, 5.74) is 2.64. The van der Waals surface area contributed by atoms with Gasteiger partial charge in [-0.25, -0.2) is 4.39 Å². The molecule has 0 radical (unpaired) electrons. The van der Waals surface area contributed by atoms with E-state index in [9.17, 15) is 14.0 Å². The first kappa shape index (κ1) is 24.1. The summed E-state index contributed by atoms with van der Waals surface area (Å²) in [6.07, 6.45) is 0. The highest BCUT2D eigenvalue weighted by molar-refractivity contribution is 7.99. The van der Waals surface area contributed by atoms with Gasteiger partial charge in [0, 0.05) is 25.9 Å². The molecule has 4 aromatic rings. The summed E-state index contributed by atoms with van der Waals surface area (Å²) in [7, 11) is 0. The van der Waals surface area contributed by atoms with Gasteiger partial charge in [0.25, 0.3) is 11.8 Å². The second kappa shape index (κ2) is 10.2. The molecule has 36 heavy (non-hydrogen) atoms. The molecule has 0 spiro atoms. The van der Waals surface area contributed by atoms with Crippen molar-refractivity contribution < 1.29 is 14.0 Å². The van der Waals surface area contributed by atoms with Gasteiger partial charge >= 0.3 is 0 Å². The first-order valence-electron chi connectivity index (χ1n) is 11.4. The molecule has 0 saturated carbocycles. The number of nitrogens with one attached hydrogen (secondary N) is 1. The van der Waals surface area contributed by atoms with Gasteiger partial charge in [0.2, 0.25) is 0 Å². The van der Waals surface area contributed by atoms with Crippen molar-refractivity contribution >= 4 is 40.9 Å². The zero-order valence-electron chi connectivity index (χ0n) is 19.4. The Morgan fingerprint density at radius 3 is 2.50 bits per heavy atom. The molecule has 5 rings (SSSR count). The van der Waals surface area contributed by atoms with Crippen molar-refractivity contribution in [3.8, 4) is 0 Å². The Balaban J connectivity index is 1.54. The Bertz CT molecular complexity index is 1440. The molecule has 1 heterocycles. The van der Waals surface area contributed by atoms with E-state index in [1.54, 1.807) is 30.3 Å². The van der Waals surface area contributed by atoms with Crippen LogP contribution in [0.25, 0.3) is 0 Å². The number of amides is 2. The maximum absolute atomic E-state index is 14.7. The minimum Gasteiger partial charge on any atom is -0.346 e. The van der Waals surface area contributed by atoms with Crippen LogP contribution in [0.1, 0.15) is 44.8 Å². The third-order valence-corrected chi connectivity index (χ3v) is 7.61. The Kier molecular flexibility index (Phi) is 6.81. The van der Waals surface area contributed by atoms with E-state index in [1.165, 1.54) is 28.8 Å². The second-order valence-electron chi connectivity index (χ2n) is 8.48. The van der Waals surface area contributed by atoms with Crippen LogP contribution in [0.2, 0.25) is 5.02 Å². The van der Waals surface area contributed by atoms with Gasteiger partial charge in [-0.3, -0.25) is 9.59 Å². The molecular weight excluding hydrogens is 495 g/mol. The van der Waals surface area contributed by atoms with Crippen LogP contribution in [0.4, 0.5) is 10.1 Å². The molecular formula is C29H22ClFN2O2S. The van der Waals surface area contributed by atoms with Gasteiger partial charge in [-0.05, 0) is 55.0 Å². The van der Waals surface area contributed by atoms with E-state index in [0.717, 1.165) is 15.4 Å². The van der Waals surface area contributed by atoms with Gasteiger partial charge in [0.15, 0.2) is 0 Å². The minimum atomic E-state index is -0.493. The Labute approximate surface area is 218 Å². The number of benzene rings is 4. The standard InChI is InChI=1S/C29H22ClFN2O2S/c1-18(19-8-3-2-4-9-19)32-28(34)20-14-15-27-25(16-20)33(17-22-23(30)11-7-12-24(22)31)29(35)21-10-5-6-13-26(21)36-27/h2-16,18H,17H2,1H3,(H,32,34)/t18-/m0/s1. The van der Waals surface area contributed by atoms with Gasteiger partial charge in [-0.15, -0.1) is 0 Å². The van der Waals surface area contributed by atoms with Crippen LogP contribution in [0, 0.1) is 5.82 Å². The van der Waals surface area contributed by atoms with Gasteiger partial charge in [-0.1, -0.05) is 71.9 Å². The van der Waals surface area contributed by atoms with E-state index in [0.29, 0.717) is 16.8 Å². The van der Waals surface area contributed by atoms with Crippen LogP contribution in [0.3, 0.4) is 0 Å². The molecule has 0 aromatic heterocycles. The van der Waals surface area contributed by atoms with E-state index < -0.39 is 5.82 Å². The SMILES string of the molecule is C[C@H](NC(=O)c1ccc2c(c1)N(Cc1c(F)cccc1Cl)C(=O)c1ccccc1S2)c1ccccc1. The van der Waals surface area contributed by atoms with Gasteiger partial charge in [0.05, 0.1) is 23.8 Å². The number of anilines is 1. The Morgan fingerprint density at radius 1 is 0.972 bits per heavy atom. The number of carbonyl (C=O) groups is 2. The minimum absolute atomic E-state index is 0.0717. The number of fused-ring (bicyclic) bond motifs is 2. The third-order valence-electron chi connectivity index (χ3n) is 6.12. The lowest BCUT2D eigenvalue weighted by Gasteiger charge is -2.24. The van der Waals surface area contributed by atoms with Crippen molar-refractivity contribution in [2.45, 2.75) is 29.3 Å². The van der Waals surface area contributed by atoms with Gasteiger partial charge in [0.1, 0.15) is 5.82 Å². The van der Waals surface area contributed by atoms with E-state index in [1.807, 2.05) is 55.5 Å². The summed E-state index contributed by atoms with van der Waals surface area (Å²) in [6.45, 7) is 1.84. The highest BCUT2D eigenvalue weighted by Gasteiger charge is 2.29. The maximum Gasteiger partial charge on any atom is 0.259 e. The fourth-order valence-electron chi connectivity index (χ4n) is 4.16. The van der Waals surface area contributed by atoms with Crippen LogP contribution < -0.4 is 10.2 Å². The van der Waals surface area contributed by atoms with Crippen LogP contribution in [-0.4, -0.2) is 11.8 Å². The maximum atomic E-state index is 14.7. The quantitative estimate of drug-likeness (QED) is 0.303. The molecule has 1 aliphatic heterocycles. The smallest absolute Gasteiger partial charge is 0.259 e. The van der Waals surface area contributed by atoms with Gasteiger partial charge in [-0.2, -0.15) is 0 Å². The van der Waals surface area contributed by atoms with Crippen molar-refractivity contribution in [1.29, 1.82) is 0 Å². The normalized spacial score (nSPS) is 13.4. The molecule has 1 N–H and O–H groups in total. The summed E-state index contributed by atoms with van der Waals surface area (Å²) in [6, 6.07) is 26.5. The highest BCUT2D eigenvalue weighted by Crippen LogP contribution is 2.42. The van der Waals surface area contributed by atoms with Crippen molar-refractivity contribution in [3.05, 3.63) is 124 Å².